The first-order valence-corrected chi connectivity index (χ1v) is 7.57. The van der Waals surface area contributed by atoms with E-state index in [-0.39, 0.29) is 0 Å². The summed E-state index contributed by atoms with van der Waals surface area (Å²) in [7, 11) is 0. The Morgan fingerprint density at radius 3 is 2.47 bits per heavy atom. The van der Waals surface area contributed by atoms with E-state index in [0.29, 0.717) is 6.04 Å². The molecule has 1 aromatic heterocycles. The number of pyridine rings is 1. The first-order chi connectivity index (χ1) is 9.24. The molecule has 0 bridgehead atoms. The van der Waals surface area contributed by atoms with Crippen molar-refractivity contribution in [3.63, 3.8) is 0 Å². The molecule has 0 atom stereocenters. The van der Waals surface area contributed by atoms with Gasteiger partial charge in [0, 0.05) is 24.5 Å². The summed E-state index contributed by atoms with van der Waals surface area (Å²) in [5.41, 5.74) is 2.57. The van der Waals surface area contributed by atoms with Gasteiger partial charge in [-0.05, 0) is 17.2 Å². The summed E-state index contributed by atoms with van der Waals surface area (Å²) in [5.74, 6) is 0.970. The lowest BCUT2D eigenvalue weighted by molar-refractivity contribution is 0.587. The lowest BCUT2D eigenvalue weighted by Gasteiger charge is -2.08. The number of rotatable bonds is 6. The average molecular weight is 272 g/mol. The molecule has 100 valence electrons. The molecule has 0 fully saturated rings. The Morgan fingerprint density at radius 1 is 1.05 bits per heavy atom. The highest BCUT2D eigenvalue weighted by molar-refractivity contribution is 7.98. The molecule has 0 saturated heterocycles. The maximum Gasteiger partial charge on any atom is 0.0963 e. The molecule has 0 unspecified atom stereocenters. The van der Waals surface area contributed by atoms with Gasteiger partial charge in [-0.15, -0.1) is 11.8 Å². The molecule has 1 aromatic carbocycles. The van der Waals surface area contributed by atoms with Crippen LogP contribution in [-0.4, -0.2) is 11.0 Å². The van der Waals surface area contributed by atoms with Crippen LogP contribution in [0.1, 0.15) is 25.0 Å². The van der Waals surface area contributed by atoms with Gasteiger partial charge in [0.05, 0.1) is 5.03 Å². The van der Waals surface area contributed by atoms with Crippen molar-refractivity contribution in [3.8, 4) is 0 Å². The summed E-state index contributed by atoms with van der Waals surface area (Å²) in [6, 6.07) is 15.2. The molecule has 1 heterocycles. The highest BCUT2D eigenvalue weighted by Crippen LogP contribution is 2.20. The number of benzene rings is 1. The highest BCUT2D eigenvalue weighted by Gasteiger charge is 1.99. The van der Waals surface area contributed by atoms with Gasteiger partial charge in [0.25, 0.3) is 0 Å². The monoisotopic (exact) mass is 272 g/mol. The van der Waals surface area contributed by atoms with Crippen molar-refractivity contribution >= 4 is 11.8 Å². The molecule has 0 aliphatic rings. The standard InChI is InChI=1S/C16H20N2S/c1-13(2)17-10-15-8-9-16(18-11-15)19-12-14-6-4-3-5-7-14/h3-9,11,13,17H,10,12H2,1-2H3. The van der Waals surface area contributed by atoms with Gasteiger partial charge in [-0.3, -0.25) is 0 Å². The quantitative estimate of drug-likeness (QED) is 0.808. The van der Waals surface area contributed by atoms with E-state index in [1.807, 2.05) is 12.3 Å². The minimum Gasteiger partial charge on any atom is -0.310 e. The smallest absolute Gasteiger partial charge is 0.0963 e. The Kier molecular flexibility index (Phi) is 5.43. The Hall–Kier alpha value is -1.32. The van der Waals surface area contributed by atoms with E-state index >= 15 is 0 Å². The van der Waals surface area contributed by atoms with E-state index in [9.17, 15) is 0 Å². The zero-order valence-corrected chi connectivity index (χ0v) is 12.3. The third-order valence-corrected chi connectivity index (χ3v) is 3.76. The largest absolute Gasteiger partial charge is 0.310 e. The van der Waals surface area contributed by atoms with Crippen molar-refractivity contribution in [3.05, 3.63) is 59.8 Å². The summed E-state index contributed by atoms with van der Waals surface area (Å²) in [5, 5.41) is 4.47. The molecule has 0 aliphatic carbocycles. The summed E-state index contributed by atoms with van der Waals surface area (Å²) < 4.78 is 0. The molecule has 0 aliphatic heterocycles. The molecule has 1 N–H and O–H groups in total. The van der Waals surface area contributed by atoms with Gasteiger partial charge in [0.15, 0.2) is 0 Å². The van der Waals surface area contributed by atoms with Crippen molar-refractivity contribution in [1.29, 1.82) is 0 Å². The van der Waals surface area contributed by atoms with Crippen LogP contribution < -0.4 is 5.32 Å². The minimum atomic E-state index is 0.507. The van der Waals surface area contributed by atoms with Crippen molar-refractivity contribution in [2.24, 2.45) is 0 Å². The van der Waals surface area contributed by atoms with E-state index in [2.05, 4.69) is 60.5 Å². The number of hydrogen-bond donors (Lipinski definition) is 1. The van der Waals surface area contributed by atoms with Crippen molar-refractivity contribution < 1.29 is 0 Å². The minimum absolute atomic E-state index is 0.507. The molecule has 2 nitrogen and oxygen atoms in total. The van der Waals surface area contributed by atoms with Crippen LogP contribution in [0.25, 0.3) is 0 Å². The van der Waals surface area contributed by atoms with Gasteiger partial charge in [-0.1, -0.05) is 50.2 Å². The normalized spacial score (nSPS) is 10.9. The predicted octanol–water partition coefficient (Wildman–Crippen LogP) is 3.87. The van der Waals surface area contributed by atoms with Crippen LogP contribution in [0.4, 0.5) is 0 Å². The molecule has 0 amide bonds. The molecule has 19 heavy (non-hydrogen) atoms. The maximum absolute atomic E-state index is 4.49. The van der Waals surface area contributed by atoms with Crippen molar-refractivity contribution in [1.82, 2.24) is 10.3 Å². The van der Waals surface area contributed by atoms with Crippen LogP contribution in [0.5, 0.6) is 0 Å². The number of nitrogens with one attached hydrogen (secondary N) is 1. The zero-order chi connectivity index (χ0) is 13.5. The zero-order valence-electron chi connectivity index (χ0n) is 11.5. The van der Waals surface area contributed by atoms with Gasteiger partial charge >= 0.3 is 0 Å². The third-order valence-electron chi connectivity index (χ3n) is 2.74. The summed E-state index contributed by atoms with van der Waals surface area (Å²) in [6.07, 6.45) is 1.96. The van der Waals surface area contributed by atoms with E-state index in [0.717, 1.165) is 17.3 Å². The van der Waals surface area contributed by atoms with Gasteiger partial charge in [0.1, 0.15) is 0 Å². The molecule has 0 spiro atoms. The van der Waals surface area contributed by atoms with Crippen LogP contribution in [0, 0.1) is 0 Å². The third kappa shape index (κ3) is 5.05. The van der Waals surface area contributed by atoms with Gasteiger partial charge < -0.3 is 5.32 Å². The molecular formula is C16H20N2S. The summed E-state index contributed by atoms with van der Waals surface area (Å²) in [4.78, 5) is 4.49. The van der Waals surface area contributed by atoms with Crippen LogP contribution in [0.3, 0.4) is 0 Å². The maximum atomic E-state index is 4.49. The Bertz CT molecular complexity index is 480. The van der Waals surface area contributed by atoms with Gasteiger partial charge in [0.2, 0.25) is 0 Å². The Morgan fingerprint density at radius 2 is 1.84 bits per heavy atom. The van der Waals surface area contributed by atoms with Crippen LogP contribution in [0.15, 0.2) is 53.7 Å². The first-order valence-electron chi connectivity index (χ1n) is 6.59. The highest BCUT2D eigenvalue weighted by atomic mass is 32.2. The average Bonchev–Trinajstić information content (AvgIpc) is 2.45. The van der Waals surface area contributed by atoms with Crippen LogP contribution in [0.2, 0.25) is 0 Å². The number of hydrogen-bond acceptors (Lipinski definition) is 3. The number of nitrogens with zero attached hydrogens (tertiary/aromatic N) is 1. The fraction of sp³-hybridized carbons (Fsp3) is 0.312. The molecule has 0 saturated carbocycles. The van der Waals surface area contributed by atoms with Crippen LogP contribution >= 0.6 is 11.8 Å². The number of thioether (sulfide) groups is 1. The second-order valence-electron chi connectivity index (χ2n) is 4.81. The summed E-state index contributed by atoms with van der Waals surface area (Å²) in [6.45, 7) is 5.18. The van der Waals surface area contributed by atoms with E-state index < -0.39 is 0 Å². The van der Waals surface area contributed by atoms with Crippen LogP contribution in [-0.2, 0) is 12.3 Å². The molecule has 0 radical (unpaired) electrons. The van der Waals surface area contributed by atoms with Crippen molar-refractivity contribution in [2.75, 3.05) is 0 Å². The second-order valence-corrected chi connectivity index (χ2v) is 5.81. The second kappa shape index (κ2) is 7.31. The van der Waals surface area contributed by atoms with E-state index in [4.69, 9.17) is 0 Å². The SMILES string of the molecule is CC(C)NCc1ccc(SCc2ccccc2)nc1. The fourth-order valence-corrected chi connectivity index (χ4v) is 2.45. The van der Waals surface area contributed by atoms with E-state index in [1.165, 1.54) is 11.1 Å². The van der Waals surface area contributed by atoms with Gasteiger partial charge in [-0.2, -0.15) is 0 Å². The van der Waals surface area contributed by atoms with Crippen molar-refractivity contribution in [2.45, 2.75) is 37.2 Å². The number of aromatic nitrogens is 1. The lowest BCUT2D eigenvalue weighted by atomic mass is 10.2. The predicted molar refractivity (Wildman–Crippen MR) is 82.2 cm³/mol. The summed E-state index contributed by atoms with van der Waals surface area (Å²) >= 11 is 1.78. The molecule has 3 heteroatoms. The van der Waals surface area contributed by atoms with Gasteiger partial charge in [-0.25, -0.2) is 4.98 Å². The van der Waals surface area contributed by atoms with E-state index in [1.54, 1.807) is 11.8 Å². The Labute approximate surface area is 119 Å². The fourth-order valence-electron chi connectivity index (χ4n) is 1.65. The molecular weight excluding hydrogens is 252 g/mol. The lowest BCUT2D eigenvalue weighted by Crippen LogP contribution is -2.21. The molecule has 2 rings (SSSR count). The topological polar surface area (TPSA) is 24.9 Å². The first kappa shape index (κ1) is 14.1. The Balaban J connectivity index is 1.85. The molecule has 2 aromatic rings.